The Labute approximate surface area is 221 Å². The Bertz CT molecular complexity index is 1550. The SMILES string of the molecule is [2H]C([2H])([2H])C([2H])([2H])Nc1cc2c(cn1)c(-c1cnn(C[C@H](O)CO)c1)nn2C1CCC(Oc2nccc(C)c2F)CC1. The first-order valence-corrected chi connectivity index (χ1v) is 12.1. The predicted molar refractivity (Wildman–Crippen MR) is 137 cm³/mol. The van der Waals surface area contributed by atoms with Gasteiger partial charge >= 0.3 is 0 Å². The number of aliphatic hydroxyl groups excluding tert-OH is 2. The van der Waals surface area contributed by atoms with Crippen LogP contribution in [-0.4, -0.2) is 65.1 Å². The van der Waals surface area contributed by atoms with Crippen molar-refractivity contribution in [2.45, 2.75) is 64.3 Å². The van der Waals surface area contributed by atoms with E-state index in [9.17, 15) is 14.6 Å². The number of pyridine rings is 2. The first-order chi connectivity index (χ1) is 19.9. The smallest absolute Gasteiger partial charge is 0.250 e. The van der Waals surface area contributed by atoms with Gasteiger partial charge in [0.1, 0.15) is 17.6 Å². The van der Waals surface area contributed by atoms with E-state index in [0.29, 0.717) is 53.4 Å². The molecule has 0 amide bonds. The summed E-state index contributed by atoms with van der Waals surface area (Å²) in [5.74, 6) is -0.450. The highest BCUT2D eigenvalue weighted by molar-refractivity contribution is 5.93. The van der Waals surface area contributed by atoms with Gasteiger partial charge in [0.25, 0.3) is 5.88 Å². The summed E-state index contributed by atoms with van der Waals surface area (Å²) >= 11 is 0. The van der Waals surface area contributed by atoms with Gasteiger partial charge in [0.15, 0.2) is 5.82 Å². The van der Waals surface area contributed by atoms with Crippen molar-refractivity contribution in [2.75, 3.05) is 18.4 Å². The lowest BCUT2D eigenvalue weighted by Crippen LogP contribution is -2.27. The molecule has 0 aliphatic heterocycles. The van der Waals surface area contributed by atoms with Crippen LogP contribution in [0.15, 0.2) is 36.9 Å². The van der Waals surface area contributed by atoms with Gasteiger partial charge < -0.3 is 20.3 Å². The van der Waals surface area contributed by atoms with E-state index in [1.165, 1.54) is 17.1 Å². The summed E-state index contributed by atoms with van der Waals surface area (Å²) in [5, 5.41) is 31.2. The van der Waals surface area contributed by atoms with Crippen LogP contribution in [0.25, 0.3) is 22.2 Å². The molecular weight excluding hydrogens is 477 g/mol. The van der Waals surface area contributed by atoms with Crippen LogP contribution in [0.2, 0.25) is 0 Å². The average molecular weight is 515 g/mol. The maximum absolute atomic E-state index is 14.4. The molecule has 1 atom stereocenters. The summed E-state index contributed by atoms with van der Waals surface area (Å²) in [6, 6.07) is 3.07. The summed E-state index contributed by atoms with van der Waals surface area (Å²) in [7, 11) is 0. The second kappa shape index (κ2) is 10.8. The molecule has 0 aromatic carbocycles. The molecule has 5 rings (SSSR count). The summed E-state index contributed by atoms with van der Waals surface area (Å²) in [6.07, 6.45) is 7.63. The fourth-order valence-corrected chi connectivity index (χ4v) is 4.68. The minimum absolute atomic E-state index is 0.0149. The summed E-state index contributed by atoms with van der Waals surface area (Å²) < 4.78 is 62.2. The molecule has 0 spiro atoms. The normalized spacial score (nSPS) is 21.5. The van der Waals surface area contributed by atoms with Gasteiger partial charge in [-0.25, -0.2) is 14.4 Å². The fraction of sp³-hybridized carbons (Fsp3) is 0.462. The second-order valence-electron chi connectivity index (χ2n) is 9.21. The molecule has 196 valence electrons. The number of fused-ring (bicyclic) bond motifs is 1. The van der Waals surface area contributed by atoms with E-state index in [2.05, 4.69) is 20.4 Å². The van der Waals surface area contributed by atoms with Crippen molar-refractivity contribution in [2.24, 2.45) is 0 Å². The van der Waals surface area contributed by atoms with Crippen LogP contribution in [0.1, 0.15) is 51.0 Å². The molecule has 37 heavy (non-hydrogen) atoms. The maximum atomic E-state index is 14.4. The zero-order valence-electron chi connectivity index (χ0n) is 25.3. The number of hydrogen-bond acceptors (Lipinski definition) is 8. The largest absolute Gasteiger partial charge is 0.472 e. The quantitative estimate of drug-likeness (QED) is 0.310. The molecule has 0 saturated heterocycles. The zero-order chi connectivity index (χ0) is 30.2. The van der Waals surface area contributed by atoms with Crippen LogP contribution < -0.4 is 10.1 Å². The number of halogens is 1. The highest BCUT2D eigenvalue weighted by atomic mass is 19.1. The van der Waals surface area contributed by atoms with Crippen LogP contribution in [0.5, 0.6) is 5.88 Å². The van der Waals surface area contributed by atoms with Crippen molar-refractivity contribution in [3.05, 3.63) is 48.3 Å². The van der Waals surface area contributed by atoms with Gasteiger partial charge in [-0.1, -0.05) is 0 Å². The number of hydrogen-bond donors (Lipinski definition) is 3. The Morgan fingerprint density at radius 2 is 2.14 bits per heavy atom. The van der Waals surface area contributed by atoms with Crippen molar-refractivity contribution in [1.29, 1.82) is 0 Å². The van der Waals surface area contributed by atoms with Gasteiger partial charge in [-0.3, -0.25) is 9.36 Å². The van der Waals surface area contributed by atoms with Gasteiger partial charge in [-0.05, 0) is 51.1 Å². The third-order valence-electron chi connectivity index (χ3n) is 6.62. The molecule has 1 fully saturated rings. The lowest BCUT2D eigenvalue weighted by Gasteiger charge is -2.29. The number of aromatic nitrogens is 6. The first-order valence-electron chi connectivity index (χ1n) is 14.6. The van der Waals surface area contributed by atoms with Gasteiger partial charge in [-0.2, -0.15) is 10.2 Å². The molecule has 3 N–H and O–H groups in total. The van der Waals surface area contributed by atoms with Crippen molar-refractivity contribution >= 4 is 16.7 Å². The number of rotatable bonds is 9. The third-order valence-corrected chi connectivity index (χ3v) is 6.62. The fourth-order valence-electron chi connectivity index (χ4n) is 4.68. The maximum Gasteiger partial charge on any atom is 0.250 e. The topological polar surface area (TPSA) is 123 Å². The van der Waals surface area contributed by atoms with E-state index in [1.807, 2.05) is 4.68 Å². The van der Waals surface area contributed by atoms with Crippen molar-refractivity contribution in [3.63, 3.8) is 0 Å². The second-order valence-corrected chi connectivity index (χ2v) is 9.21. The molecule has 0 unspecified atom stereocenters. The molecule has 10 nitrogen and oxygen atoms in total. The predicted octanol–water partition coefficient (Wildman–Crippen LogP) is 3.49. The molecule has 1 aliphatic carbocycles. The van der Waals surface area contributed by atoms with Crippen LogP contribution in [-0.2, 0) is 6.54 Å². The van der Waals surface area contributed by atoms with Gasteiger partial charge in [0, 0.05) is 49.0 Å². The Morgan fingerprint density at radius 3 is 2.92 bits per heavy atom. The summed E-state index contributed by atoms with van der Waals surface area (Å²) in [5.41, 5.74) is 2.27. The molecule has 4 aromatic heterocycles. The van der Waals surface area contributed by atoms with Crippen LogP contribution in [0, 0.1) is 12.7 Å². The molecule has 4 aromatic rings. The molecular formula is C26H32FN7O3. The Balaban J connectivity index is 1.45. The highest BCUT2D eigenvalue weighted by Gasteiger charge is 2.28. The number of anilines is 1. The van der Waals surface area contributed by atoms with E-state index in [-0.39, 0.29) is 30.4 Å². The van der Waals surface area contributed by atoms with E-state index in [4.69, 9.17) is 16.7 Å². The van der Waals surface area contributed by atoms with E-state index >= 15 is 0 Å². The van der Waals surface area contributed by atoms with E-state index in [0.717, 1.165) is 0 Å². The lowest BCUT2D eigenvalue weighted by atomic mass is 9.93. The molecule has 0 radical (unpaired) electrons. The molecule has 4 heterocycles. The van der Waals surface area contributed by atoms with Crippen molar-refractivity contribution in [1.82, 2.24) is 29.5 Å². The van der Waals surface area contributed by atoms with Crippen LogP contribution in [0.3, 0.4) is 0 Å². The van der Waals surface area contributed by atoms with Crippen molar-refractivity contribution < 1.29 is 26.2 Å². The van der Waals surface area contributed by atoms with Gasteiger partial charge in [0.2, 0.25) is 0 Å². The van der Waals surface area contributed by atoms with Gasteiger partial charge in [-0.15, -0.1) is 0 Å². The number of ether oxygens (including phenoxy) is 1. The van der Waals surface area contributed by atoms with Crippen LogP contribution in [0.4, 0.5) is 10.2 Å². The number of nitrogens with one attached hydrogen (secondary N) is 1. The summed E-state index contributed by atoms with van der Waals surface area (Å²) in [4.78, 5) is 8.31. The minimum atomic E-state index is -2.92. The monoisotopic (exact) mass is 514 g/mol. The zero-order valence-corrected chi connectivity index (χ0v) is 20.3. The van der Waals surface area contributed by atoms with E-state index < -0.39 is 31.9 Å². The first kappa shape index (κ1) is 19.5. The number of aliphatic hydroxyl groups is 2. The highest BCUT2D eigenvalue weighted by Crippen LogP contribution is 2.36. The van der Waals surface area contributed by atoms with E-state index in [1.54, 1.807) is 31.5 Å². The Kier molecular flexibility index (Phi) is 5.71. The average Bonchev–Trinajstić information content (AvgIpc) is 3.55. The minimum Gasteiger partial charge on any atom is -0.472 e. The summed E-state index contributed by atoms with van der Waals surface area (Å²) in [6.45, 7) is -4.31. The number of aryl methyl sites for hydroxylation is 1. The molecule has 0 bridgehead atoms. The molecule has 11 heteroatoms. The molecule has 1 saturated carbocycles. The number of nitrogens with zero attached hydrogens (tertiary/aromatic N) is 6. The standard InChI is InChI=1S/C26H32FN7O3/c1-3-28-23-10-22-21(12-30-23)25(17-11-31-33(13-17)14-19(36)15-35)32-34(22)18-4-6-20(7-5-18)37-26-24(27)16(2)8-9-29-26/h8-13,18-20,35-36H,3-7,14-15H2,1-2H3,(H,28,30)/t18?,19-,20?/m0/s1/i1D3,3D2. The van der Waals surface area contributed by atoms with Crippen LogP contribution >= 0.6 is 0 Å². The Morgan fingerprint density at radius 1 is 1.30 bits per heavy atom. The third kappa shape index (κ3) is 5.28. The molecule has 1 aliphatic rings. The Hall–Kier alpha value is -3.57. The van der Waals surface area contributed by atoms with Gasteiger partial charge in [0.05, 0.1) is 37.0 Å². The van der Waals surface area contributed by atoms with Crippen molar-refractivity contribution in [3.8, 4) is 17.1 Å². The lowest BCUT2D eigenvalue weighted by molar-refractivity contribution is 0.0783.